The Morgan fingerprint density at radius 1 is 1.00 bits per heavy atom. The second-order valence-corrected chi connectivity index (χ2v) is 8.00. The Hall–Kier alpha value is -3.65. The molecule has 0 spiro atoms. The van der Waals surface area contributed by atoms with Crippen molar-refractivity contribution in [3.8, 4) is 22.9 Å². The van der Waals surface area contributed by atoms with Gasteiger partial charge in [-0.05, 0) is 29.8 Å². The maximum Gasteiger partial charge on any atom is 0.247 e. The number of fused-ring (bicyclic) bond motifs is 3. The molecule has 0 unspecified atom stereocenters. The molecule has 3 aromatic carbocycles. The molecule has 0 saturated carbocycles. The first-order chi connectivity index (χ1) is 15.7. The monoisotopic (exact) mass is 446 g/mol. The summed E-state index contributed by atoms with van der Waals surface area (Å²) in [6.45, 7) is 0. The van der Waals surface area contributed by atoms with E-state index in [1.807, 2.05) is 48.5 Å². The minimum Gasteiger partial charge on any atom is -0.496 e. The van der Waals surface area contributed by atoms with Gasteiger partial charge in [0.15, 0.2) is 5.69 Å². The molecule has 5 rings (SSSR count). The number of ether oxygens (including phenoxy) is 2. The van der Waals surface area contributed by atoms with Crippen molar-refractivity contribution in [1.82, 2.24) is 15.2 Å². The first-order valence-corrected chi connectivity index (χ1v) is 11.0. The van der Waals surface area contributed by atoms with Gasteiger partial charge >= 0.3 is 0 Å². The fourth-order valence-electron chi connectivity index (χ4n) is 3.49. The molecule has 0 saturated heterocycles. The van der Waals surface area contributed by atoms with Gasteiger partial charge in [0.2, 0.25) is 17.3 Å². The molecule has 0 aliphatic carbocycles. The SMILES string of the molecule is COc1ccccc1[C@@H]1Nc2ccccc2-c2nnc(SCc3ccccc3F)nc2O1. The summed E-state index contributed by atoms with van der Waals surface area (Å²) in [7, 11) is 1.62. The quantitative estimate of drug-likeness (QED) is 0.407. The number of halogens is 1. The van der Waals surface area contributed by atoms with Gasteiger partial charge in [-0.1, -0.05) is 60.3 Å². The van der Waals surface area contributed by atoms with Crippen molar-refractivity contribution in [2.75, 3.05) is 12.4 Å². The van der Waals surface area contributed by atoms with Crippen LogP contribution in [0.3, 0.4) is 0 Å². The van der Waals surface area contributed by atoms with E-state index in [9.17, 15) is 4.39 Å². The van der Waals surface area contributed by atoms with Crippen molar-refractivity contribution in [1.29, 1.82) is 0 Å². The smallest absolute Gasteiger partial charge is 0.247 e. The zero-order chi connectivity index (χ0) is 21.9. The number of hydrogen-bond donors (Lipinski definition) is 1. The lowest BCUT2D eigenvalue weighted by Gasteiger charge is -2.21. The van der Waals surface area contributed by atoms with Crippen LogP contribution in [0.5, 0.6) is 11.6 Å². The number of nitrogens with one attached hydrogen (secondary N) is 1. The van der Waals surface area contributed by atoms with Crippen LogP contribution in [0.2, 0.25) is 0 Å². The molecule has 4 aromatic rings. The van der Waals surface area contributed by atoms with Gasteiger partial charge in [0.05, 0.1) is 12.7 Å². The highest BCUT2D eigenvalue weighted by atomic mass is 32.2. The van der Waals surface area contributed by atoms with Gasteiger partial charge < -0.3 is 14.8 Å². The van der Waals surface area contributed by atoms with Crippen LogP contribution >= 0.6 is 11.8 Å². The average Bonchev–Trinajstić information content (AvgIpc) is 3.00. The third kappa shape index (κ3) is 3.97. The van der Waals surface area contributed by atoms with Gasteiger partial charge in [-0.2, -0.15) is 4.98 Å². The minimum atomic E-state index is -0.547. The minimum absolute atomic E-state index is 0.256. The Labute approximate surface area is 188 Å². The molecule has 8 heteroatoms. The van der Waals surface area contributed by atoms with Gasteiger partial charge in [0.25, 0.3) is 0 Å². The molecule has 1 atom stereocenters. The zero-order valence-electron chi connectivity index (χ0n) is 17.2. The first kappa shape index (κ1) is 20.3. The topological polar surface area (TPSA) is 69.2 Å². The van der Waals surface area contributed by atoms with E-state index in [0.717, 1.165) is 16.8 Å². The van der Waals surface area contributed by atoms with Crippen molar-refractivity contribution in [3.63, 3.8) is 0 Å². The molecule has 0 amide bonds. The molecule has 0 fully saturated rings. The van der Waals surface area contributed by atoms with Crippen LogP contribution in [0.15, 0.2) is 78.0 Å². The maximum absolute atomic E-state index is 14.0. The molecule has 0 bridgehead atoms. The summed E-state index contributed by atoms with van der Waals surface area (Å²) in [6, 6.07) is 22.1. The van der Waals surface area contributed by atoms with Crippen molar-refractivity contribution in [2.24, 2.45) is 0 Å². The molecular weight excluding hydrogens is 427 g/mol. The molecule has 160 valence electrons. The van der Waals surface area contributed by atoms with Crippen molar-refractivity contribution in [2.45, 2.75) is 17.1 Å². The van der Waals surface area contributed by atoms with E-state index in [1.165, 1.54) is 17.8 Å². The van der Waals surface area contributed by atoms with E-state index in [-0.39, 0.29) is 5.82 Å². The fraction of sp³-hybridized carbons (Fsp3) is 0.125. The molecule has 1 N–H and O–H groups in total. The maximum atomic E-state index is 14.0. The summed E-state index contributed by atoms with van der Waals surface area (Å²) >= 11 is 1.30. The number of nitrogens with zero attached hydrogens (tertiary/aromatic N) is 3. The summed E-state index contributed by atoms with van der Waals surface area (Å²) in [5, 5.41) is 12.5. The Balaban J connectivity index is 1.51. The molecular formula is C24H19FN4O2S. The van der Waals surface area contributed by atoms with Crippen molar-refractivity contribution < 1.29 is 13.9 Å². The number of aromatic nitrogens is 3. The summed E-state index contributed by atoms with van der Waals surface area (Å²) in [5.74, 6) is 1.18. The number of thioether (sulfide) groups is 1. The molecule has 6 nitrogen and oxygen atoms in total. The van der Waals surface area contributed by atoms with Crippen LogP contribution in [0.25, 0.3) is 11.3 Å². The van der Waals surface area contributed by atoms with Gasteiger partial charge in [-0.25, -0.2) is 4.39 Å². The summed E-state index contributed by atoms with van der Waals surface area (Å²) in [5.41, 5.74) is 3.64. The molecule has 1 aliphatic heterocycles. The lowest BCUT2D eigenvalue weighted by atomic mass is 10.1. The van der Waals surface area contributed by atoms with Crippen LogP contribution in [0.4, 0.5) is 10.1 Å². The third-order valence-corrected chi connectivity index (χ3v) is 5.96. The van der Waals surface area contributed by atoms with E-state index >= 15 is 0 Å². The van der Waals surface area contributed by atoms with E-state index in [0.29, 0.717) is 33.8 Å². The highest BCUT2D eigenvalue weighted by Crippen LogP contribution is 2.41. The average molecular weight is 447 g/mol. The Morgan fingerprint density at radius 3 is 2.66 bits per heavy atom. The fourth-order valence-corrected chi connectivity index (χ4v) is 4.25. The van der Waals surface area contributed by atoms with E-state index < -0.39 is 6.23 Å². The second-order valence-electron chi connectivity index (χ2n) is 7.06. The molecule has 1 aromatic heterocycles. The highest BCUT2D eigenvalue weighted by Gasteiger charge is 2.27. The van der Waals surface area contributed by atoms with E-state index in [2.05, 4.69) is 20.5 Å². The lowest BCUT2D eigenvalue weighted by Crippen LogP contribution is -2.18. The van der Waals surface area contributed by atoms with E-state index in [1.54, 1.807) is 25.3 Å². The third-order valence-electron chi connectivity index (χ3n) is 5.07. The second kappa shape index (κ2) is 8.84. The van der Waals surface area contributed by atoms with Gasteiger partial charge in [0, 0.05) is 17.0 Å². The normalized spacial score (nSPS) is 14.4. The zero-order valence-corrected chi connectivity index (χ0v) is 18.0. The predicted molar refractivity (Wildman–Crippen MR) is 121 cm³/mol. The number of anilines is 1. The van der Waals surface area contributed by atoms with Crippen LogP contribution in [0, 0.1) is 5.82 Å². The largest absolute Gasteiger partial charge is 0.496 e. The highest BCUT2D eigenvalue weighted by molar-refractivity contribution is 7.98. The summed E-state index contributed by atoms with van der Waals surface area (Å²) in [4.78, 5) is 4.61. The predicted octanol–water partition coefficient (Wildman–Crippen LogP) is 5.48. The van der Waals surface area contributed by atoms with Crippen LogP contribution in [0.1, 0.15) is 17.4 Å². The number of para-hydroxylation sites is 2. The number of methoxy groups -OCH3 is 1. The van der Waals surface area contributed by atoms with Gasteiger partial charge in [-0.3, -0.25) is 0 Å². The number of rotatable bonds is 5. The summed E-state index contributed by atoms with van der Waals surface area (Å²) < 4.78 is 25.8. The lowest BCUT2D eigenvalue weighted by molar-refractivity contribution is 0.220. The van der Waals surface area contributed by atoms with Crippen molar-refractivity contribution >= 4 is 17.4 Å². The molecule has 32 heavy (non-hydrogen) atoms. The van der Waals surface area contributed by atoms with Crippen LogP contribution in [-0.4, -0.2) is 22.3 Å². The van der Waals surface area contributed by atoms with E-state index in [4.69, 9.17) is 9.47 Å². The molecule has 2 heterocycles. The van der Waals surface area contributed by atoms with Crippen LogP contribution < -0.4 is 14.8 Å². The van der Waals surface area contributed by atoms with Crippen molar-refractivity contribution in [3.05, 3.63) is 89.7 Å². The Morgan fingerprint density at radius 2 is 1.78 bits per heavy atom. The Kier molecular flexibility index (Phi) is 5.60. The van der Waals surface area contributed by atoms with Gasteiger partial charge in [-0.15, -0.1) is 10.2 Å². The number of hydrogen-bond acceptors (Lipinski definition) is 7. The summed E-state index contributed by atoms with van der Waals surface area (Å²) in [6.07, 6.45) is -0.547. The van der Waals surface area contributed by atoms with Crippen LogP contribution in [-0.2, 0) is 5.75 Å². The standard InChI is InChI=1S/C24H19FN4O2S/c1-30-20-13-7-4-10-17(20)22-26-19-12-6-3-9-16(19)21-23(31-22)27-24(29-28-21)32-14-15-8-2-5-11-18(15)25/h2-13,22,26H,14H2,1H3/t22-/m1/s1. The Bertz CT molecular complexity index is 1270. The molecule has 1 aliphatic rings. The van der Waals surface area contributed by atoms with Gasteiger partial charge in [0.1, 0.15) is 11.6 Å². The molecule has 0 radical (unpaired) electrons. The first-order valence-electron chi connectivity index (χ1n) is 9.99. The number of benzene rings is 3.